The van der Waals surface area contributed by atoms with Crippen LogP contribution in [0, 0.1) is 0 Å². The maximum atomic E-state index is 11.4. The molecule has 0 heterocycles. The first kappa shape index (κ1) is 13.7. The quantitative estimate of drug-likeness (QED) is 0.684. The summed E-state index contributed by atoms with van der Waals surface area (Å²) >= 11 is 5.62. The van der Waals surface area contributed by atoms with Gasteiger partial charge in [0.2, 0.25) is 0 Å². The highest BCUT2D eigenvalue weighted by atomic mass is 35.5. The van der Waals surface area contributed by atoms with Crippen LogP contribution in [0.3, 0.4) is 0 Å². The summed E-state index contributed by atoms with van der Waals surface area (Å²) in [6.07, 6.45) is 0. The van der Waals surface area contributed by atoms with E-state index in [0.717, 1.165) is 0 Å². The van der Waals surface area contributed by atoms with Gasteiger partial charge in [0.15, 0.2) is 9.84 Å². The molecule has 2 N–H and O–H groups in total. The molecule has 3 nitrogen and oxygen atoms in total. The normalized spacial score (nSPS) is 10.7. The highest BCUT2D eigenvalue weighted by Crippen LogP contribution is 2.14. The summed E-state index contributed by atoms with van der Waals surface area (Å²) in [7, 11) is -3.21. The van der Waals surface area contributed by atoms with Crippen LogP contribution in [-0.2, 0) is 9.84 Å². The zero-order chi connectivity index (χ0) is 9.90. The topological polar surface area (TPSA) is 60.2 Å². The van der Waals surface area contributed by atoms with E-state index in [1.54, 1.807) is 12.1 Å². The Kier molecular flexibility index (Phi) is 5.44. The fourth-order valence-corrected chi connectivity index (χ4v) is 2.14. The first-order valence-corrected chi connectivity index (χ1v) is 5.77. The average Bonchev–Trinajstić information content (AvgIpc) is 2.05. The van der Waals surface area contributed by atoms with Crippen molar-refractivity contribution in [1.82, 2.24) is 0 Å². The lowest BCUT2D eigenvalue weighted by Gasteiger charge is -2.01. The predicted octanol–water partition coefficient (Wildman–Crippen LogP) is -1.92. The summed E-state index contributed by atoms with van der Waals surface area (Å²) in [4.78, 5) is 0.266. The second kappa shape index (κ2) is 5.56. The van der Waals surface area contributed by atoms with Crippen molar-refractivity contribution < 1.29 is 20.8 Å². The first-order valence-electron chi connectivity index (χ1n) is 3.74. The minimum atomic E-state index is -3.21. The van der Waals surface area contributed by atoms with Crippen LogP contribution in [0.1, 0.15) is 0 Å². The zero-order valence-electron chi connectivity index (χ0n) is 7.28. The molecule has 0 unspecified atom stereocenters. The minimum absolute atomic E-state index is 0. The van der Waals surface area contributed by atoms with E-state index in [4.69, 9.17) is 17.3 Å². The van der Waals surface area contributed by atoms with Gasteiger partial charge in [0.1, 0.15) is 0 Å². The molecule has 0 aliphatic rings. The van der Waals surface area contributed by atoms with Crippen LogP contribution < -0.4 is 18.1 Å². The molecule has 14 heavy (non-hydrogen) atoms. The third-order valence-electron chi connectivity index (χ3n) is 1.56. The molecule has 0 bridgehead atoms. The predicted molar refractivity (Wildman–Crippen MR) is 52.6 cm³/mol. The molecule has 0 aliphatic carbocycles. The molecule has 6 heteroatoms. The van der Waals surface area contributed by atoms with E-state index >= 15 is 0 Å². The minimum Gasteiger partial charge on any atom is -1.00 e. The van der Waals surface area contributed by atoms with E-state index in [2.05, 4.69) is 0 Å². The summed E-state index contributed by atoms with van der Waals surface area (Å²) in [6, 6.07) is 6.05. The fourth-order valence-electron chi connectivity index (χ4n) is 0.915. The Balaban J connectivity index is 0.00000169. The molecule has 1 rings (SSSR count). The van der Waals surface area contributed by atoms with Gasteiger partial charge in [-0.1, -0.05) is 11.6 Å². The van der Waals surface area contributed by atoms with Crippen molar-refractivity contribution in [2.24, 2.45) is 5.73 Å². The molecule has 0 saturated heterocycles. The lowest BCUT2D eigenvalue weighted by atomic mass is 10.4. The molecule has 0 atom stereocenters. The van der Waals surface area contributed by atoms with Crippen molar-refractivity contribution in [3.8, 4) is 0 Å². The van der Waals surface area contributed by atoms with Gasteiger partial charge < -0.3 is 18.1 Å². The third kappa shape index (κ3) is 3.46. The molecular formula is C8H10Cl2NO2S-. The van der Waals surface area contributed by atoms with Gasteiger partial charge in [-0.15, -0.1) is 0 Å². The molecule has 0 aromatic heterocycles. The van der Waals surface area contributed by atoms with E-state index in [1.165, 1.54) is 12.1 Å². The van der Waals surface area contributed by atoms with Crippen LogP contribution >= 0.6 is 11.6 Å². The number of rotatable bonds is 3. The Hall–Kier alpha value is -0.290. The number of nitrogens with two attached hydrogens (primary N) is 1. The Morgan fingerprint density at radius 1 is 1.21 bits per heavy atom. The van der Waals surface area contributed by atoms with E-state index in [0.29, 0.717) is 5.02 Å². The first-order chi connectivity index (χ1) is 6.06. The van der Waals surface area contributed by atoms with E-state index < -0.39 is 9.84 Å². The van der Waals surface area contributed by atoms with Crippen molar-refractivity contribution in [3.05, 3.63) is 29.3 Å². The van der Waals surface area contributed by atoms with Crippen LogP contribution in [0.5, 0.6) is 0 Å². The third-order valence-corrected chi connectivity index (χ3v) is 3.57. The number of halogens is 2. The molecule has 0 aliphatic heterocycles. The molecule has 80 valence electrons. The molecule has 0 spiro atoms. The van der Waals surface area contributed by atoms with Gasteiger partial charge >= 0.3 is 0 Å². The Morgan fingerprint density at radius 2 is 1.71 bits per heavy atom. The summed E-state index contributed by atoms with van der Waals surface area (Å²) in [6.45, 7) is 0.130. The van der Waals surface area contributed by atoms with Gasteiger partial charge in [0.05, 0.1) is 10.6 Å². The second-order valence-corrected chi connectivity index (χ2v) is 5.11. The maximum Gasteiger partial charge on any atom is 0.179 e. The molecule has 0 radical (unpaired) electrons. The molecular weight excluding hydrogens is 245 g/mol. The highest BCUT2D eigenvalue weighted by Gasteiger charge is 2.11. The fraction of sp³-hybridized carbons (Fsp3) is 0.250. The van der Waals surface area contributed by atoms with Crippen molar-refractivity contribution in [1.29, 1.82) is 0 Å². The summed E-state index contributed by atoms with van der Waals surface area (Å²) in [5.74, 6) is -0.0331. The molecule has 1 aromatic carbocycles. The Morgan fingerprint density at radius 3 is 2.14 bits per heavy atom. The van der Waals surface area contributed by atoms with Gasteiger partial charge in [-0.05, 0) is 24.3 Å². The standard InChI is InChI=1S/C8H10ClNO2S.ClH/c9-7-1-3-8(4-2-7)13(11,12)6-5-10;/h1-4H,5-6,10H2;1H/p-1. The number of benzene rings is 1. The monoisotopic (exact) mass is 254 g/mol. The molecule has 0 saturated carbocycles. The van der Waals surface area contributed by atoms with Gasteiger partial charge in [0, 0.05) is 11.6 Å². The van der Waals surface area contributed by atoms with Crippen LogP contribution in [0.15, 0.2) is 29.2 Å². The van der Waals surface area contributed by atoms with Crippen molar-refractivity contribution in [2.45, 2.75) is 4.90 Å². The Labute approximate surface area is 94.6 Å². The summed E-state index contributed by atoms with van der Waals surface area (Å²) in [5, 5.41) is 0.520. The van der Waals surface area contributed by atoms with Crippen molar-refractivity contribution in [2.75, 3.05) is 12.3 Å². The lowest BCUT2D eigenvalue weighted by molar-refractivity contribution is -0.00000511. The average molecular weight is 255 g/mol. The van der Waals surface area contributed by atoms with Crippen LogP contribution in [-0.4, -0.2) is 20.7 Å². The highest BCUT2D eigenvalue weighted by molar-refractivity contribution is 7.91. The van der Waals surface area contributed by atoms with E-state index in [9.17, 15) is 8.42 Å². The summed E-state index contributed by atoms with van der Waals surface area (Å²) < 4.78 is 22.8. The van der Waals surface area contributed by atoms with Gasteiger partial charge in [-0.2, -0.15) is 0 Å². The van der Waals surface area contributed by atoms with Gasteiger partial charge in [-0.3, -0.25) is 0 Å². The SMILES string of the molecule is NCCS(=O)(=O)c1ccc(Cl)cc1.[Cl-]. The van der Waals surface area contributed by atoms with Gasteiger partial charge in [-0.25, -0.2) is 8.42 Å². The van der Waals surface area contributed by atoms with Crippen LogP contribution in [0.25, 0.3) is 0 Å². The van der Waals surface area contributed by atoms with Crippen molar-refractivity contribution >= 4 is 21.4 Å². The molecule has 0 amide bonds. The van der Waals surface area contributed by atoms with Crippen LogP contribution in [0.4, 0.5) is 0 Å². The lowest BCUT2D eigenvalue weighted by Crippen LogP contribution is -3.00. The number of hydrogen-bond donors (Lipinski definition) is 1. The zero-order valence-corrected chi connectivity index (χ0v) is 9.61. The number of sulfone groups is 1. The van der Waals surface area contributed by atoms with Gasteiger partial charge in [0.25, 0.3) is 0 Å². The van der Waals surface area contributed by atoms with Crippen molar-refractivity contribution in [3.63, 3.8) is 0 Å². The van der Waals surface area contributed by atoms with Crippen LogP contribution in [0.2, 0.25) is 5.02 Å². The van der Waals surface area contributed by atoms with E-state index in [-0.39, 0.29) is 29.6 Å². The molecule has 1 aromatic rings. The second-order valence-electron chi connectivity index (χ2n) is 2.56. The molecule has 0 fully saturated rings. The maximum absolute atomic E-state index is 11.4. The largest absolute Gasteiger partial charge is 1.00 e. The van der Waals surface area contributed by atoms with E-state index in [1.807, 2.05) is 0 Å². The smallest absolute Gasteiger partial charge is 0.179 e. The number of hydrogen-bond acceptors (Lipinski definition) is 3. The summed E-state index contributed by atoms with van der Waals surface area (Å²) in [5.41, 5.74) is 5.18. The Bertz CT molecular complexity index is 375.